The van der Waals surface area contributed by atoms with E-state index in [1.165, 1.54) is 66.5 Å². The van der Waals surface area contributed by atoms with Crippen molar-refractivity contribution in [3.63, 3.8) is 0 Å². The maximum atomic E-state index is 12.6. The lowest BCUT2D eigenvalue weighted by molar-refractivity contribution is 0.107. The molecular formula is C25H32BNO. The van der Waals surface area contributed by atoms with E-state index in [-0.39, 0.29) is 5.68 Å². The van der Waals surface area contributed by atoms with Crippen LogP contribution in [0.3, 0.4) is 0 Å². The summed E-state index contributed by atoms with van der Waals surface area (Å²) in [4.78, 5) is 12.6. The van der Waals surface area contributed by atoms with Crippen LogP contribution in [0.25, 0.3) is 10.9 Å². The van der Waals surface area contributed by atoms with E-state index in [9.17, 15) is 4.79 Å². The van der Waals surface area contributed by atoms with Gasteiger partial charge in [-0.25, -0.2) is 0 Å². The van der Waals surface area contributed by atoms with Crippen LogP contribution in [-0.2, 0) is 6.54 Å². The molecule has 0 bridgehead atoms. The summed E-state index contributed by atoms with van der Waals surface area (Å²) in [6.07, 6.45) is 0. The van der Waals surface area contributed by atoms with Gasteiger partial charge in [-0.3, -0.25) is 0 Å². The highest BCUT2D eigenvalue weighted by molar-refractivity contribution is 6.62. The quantitative estimate of drug-likeness (QED) is 0.576. The number of hydrogen-bond acceptors (Lipinski definition) is 1. The van der Waals surface area contributed by atoms with Gasteiger partial charge in [-0.1, -0.05) is 0 Å². The van der Waals surface area contributed by atoms with Crippen LogP contribution in [0.15, 0.2) is 6.07 Å². The number of fused-ring (bicyclic) bond motifs is 1. The van der Waals surface area contributed by atoms with Crippen molar-refractivity contribution in [2.24, 2.45) is 0 Å². The Balaban J connectivity index is 2.40. The average Bonchev–Trinajstić information content (AvgIpc) is 3.04. The minimum absolute atomic E-state index is 0.126. The fraction of sp³-hybridized carbons (Fsp3) is 0.400. The van der Waals surface area contributed by atoms with E-state index in [0.29, 0.717) is 0 Å². The molecule has 0 unspecified atom stereocenters. The van der Waals surface area contributed by atoms with Crippen molar-refractivity contribution in [3.05, 3.63) is 67.4 Å². The first-order chi connectivity index (χ1) is 13.0. The van der Waals surface area contributed by atoms with E-state index in [4.69, 9.17) is 0 Å². The van der Waals surface area contributed by atoms with Crippen LogP contribution in [0, 0.1) is 62.3 Å². The number of nitrogens with zero attached hydrogens (tertiary/aromatic N) is 1. The van der Waals surface area contributed by atoms with Gasteiger partial charge in [-0.15, -0.1) is 0 Å². The maximum Gasteiger partial charge on any atom is 0.195 e. The number of aryl methyl sites for hydroxylation is 2. The summed E-state index contributed by atoms with van der Waals surface area (Å²) in [5.41, 5.74) is 15.5. The Kier molecular flexibility index (Phi) is 5.08. The van der Waals surface area contributed by atoms with Crippen molar-refractivity contribution in [2.75, 3.05) is 0 Å². The third kappa shape index (κ3) is 2.83. The van der Waals surface area contributed by atoms with Crippen LogP contribution < -0.4 is 0 Å². The normalized spacial score (nSPS) is 11.5. The SMILES string of the molecule is BC(=O)c1cc2c(C)c(C)c(C)c(C)c2n1Cc1c(C)c(C)c(C)c(C)c1C. The molecule has 0 fully saturated rings. The molecule has 1 heterocycles. The fourth-order valence-electron chi connectivity index (χ4n) is 4.61. The van der Waals surface area contributed by atoms with Crippen LogP contribution >= 0.6 is 0 Å². The lowest BCUT2D eigenvalue weighted by Crippen LogP contribution is -2.14. The van der Waals surface area contributed by atoms with Crippen LogP contribution in [0.2, 0.25) is 0 Å². The minimum Gasteiger partial charge on any atom is -0.334 e. The summed E-state index contributed by atoms with van der Waals surface area (Å²) in [7, 11) is 1.68. The van der Waals surface area contributed by atoms with Crippen molar-refractivity contribution in [2.45, 2.75) is 68.9 Å². The van der Waals surface area contributed by atoms with Gasteiger partial charge in [-0.05, 0) is 124 Å². The van der Waals surface area contributed by atoms with E-state index in [2.05, 4.69) is 72.9 Å². The highest BCUT2D eigenvalue weighted by atomic mass is 16.1. The van der Waals surface area contributed by atoms with E-state index in [1.807, 2.05) is 0 Å². The van der Waals surface area contributed by atoms with Crippen LogP contribution in [0.4, 0.5) is 0 Å². The zero-order chi connectivity index (χ0) is 21.1. The molecule has 0 amide bonds. The summed E-state index contributed by atoms with van der Waals surface area (Å²) in [5, 5.41) is 1.21. The summed E-state index contributed by atoms with van der Waals surface area (Å²) in [6, 6.07) is 2.10. The molecule has 28 heavy (non-hydrogen) atoms. The maximum absolute atomic E-state index is 12.6. The first-order valence-electron chi connectivity index (χ1n) is 10.1. The summed E-state index contributed by atoms with van der Waals surface area (Å²) in [6.45, 7) is 20.5. The molecule has 0 spiro atoms. The van der Waals surface area contributed by atoms with E-state index in [1.54, 1.807) is 7.85 Å². The largest absolute Gasteiger partial charge is 0.334 e. The Morgan fingerprint density at radius 2 is 1.14 bits per heavy atom. The van der Waals surface area contributed by atoms with E-state index in [0.717, 1.165) is 12.2 Å². The highest BCUT2D eigenvalue weighted by Crippen LogP contribution is 2.34. The molecule has 0 radical (unpaired) electrons. The second-order valence-electron chi connectivity index (χ2n) is 8.54. The molecule has 0 aliphatic carbocycles. The monoisotopic (exact) mass is 373 g/mol. The van der Waals surface area contributed by atoms with Gasteiger partial charge >= 0.3 is 0 Å². The third-order valence-corrected chi connectivity index (χ3v) is 7.38. The topological polar surface area (TPSA) is 22.0 Å². The predicted octanol–water partition coefficient (Wildman–Crippen LogP) is 5.24. The molecule has 0 saturated carbocycles. The molecule has 3 heteroatoms. The lowest BCUT2D eigenvalue weighted by atomic mass is 9.89. The Morgan fingerprint density at radius 3 is 1.64 bits per heavy atom. The highest BCUT2D eigenvalue weighted by Gasteiger charge is 2.21. The Hall–Kier alpha value is -2.29. The number of carbonyl (C=O) groups is 1. The molecule has 0 aliphatic heterocycles. The van der Waals surface area contributed by atoms with Gasteiger partial charge in [-0.2, -0.15) is 0 Å². The van der Waals surface area contributed by atoms with Crippen molar-refractivity contribution < 1.29 is 4.79 Å². The second-order valence-corrected chi connectivity index (χ2v) is 8.54. The van der Waals surface area contributed by atoms with Crippen molar-refractivity contribution in [1.82, 2.24) is 4.57 Å². The summed E-state index contributed by atoms with van der Waals surface area (Å²) >= 11 is 0. The molecule has 1 aromatic heterocycles. The van der Waals surface area contributed by atoms with Gasteiger partial charge in [0.25, 0.3) is 0 Å². The standard InChI is InChI=1S/C25H32BNO/c1-12-13(2)18(7)22(19(8)14(12)3)11-27-23(25(26)28)10-21-17(6)15(4)16(5)20(9)24(21)27/h10H,11,26H2,1-9H3. The Bertz CT molecular complexity index is 1120. The van der Waals surface area contributed by atoms with Crippen LogP contribution in [-0.4, -0.2) is 18.1 Å². The van der Waals surface area contributed by atoms with Crippen molar-refractivity contribution in [3.8, 4) is 0 Å². The van der Waals surface area contributed by atoms with Gasteiger partial charge in [0, 0.05) is 11.9 Å². The fourth-order valence-corrected chi connectivity index (χ4v) is 4.61. The summed E-state index contributed by atoms with van der Waals surface area (Å²) < 4.78 is 2.26. The Morgan fingerprint density at radius 1 is 0.714 bits per heavy atom. The average molecular weight is 373 g/mol. The van der Waals surface area contributed by atoms with E-state index < -0.39 is 0 Å². The number of hydrogen-bond donors (Lipinski definition) is 0. The molecule has 0 atom stereocenters. The molecule has 2 aromatic carbocycles. The third-order valence-electron chi connectivity index (χ3n) is 7.38. The molecule has 2 nitrogen and oxygen atoms in total. The van der Waals surface area contributed by atoms with Crippen LogP contribution in [0.5, 0.6) is 0 Å². The number of aromatic nitrogens is 1. The van der Waals surface area contributed by atoms with Crippen LogP contribution in [0.1, 0.15) is 66.1 Å². The molecule has 3 aromatic rings. The second kappa shape index (κ2) is 6.95. The molecular weight excluding hydrogens is 341 g/mol. The van der Waals surface area contributed by atoms with Gasteiger partial charge in [0.2, 0.25) is 0 Å². The number of carbonyl (C=O) groups excluding carboxylic acids is 1. The first kappa shape index (κ1) is 20.4. The van der Waals surface area contributed by atoms with Crippen molar-refractivity contribution in [1.29, 1.82) is 0 Å². The number of benzene rings is 2. The molecule has 0 N–H and O–H groups in total. The molecule has 0 aliphatic rings. The van der Waals surface area contributed by atoms with Crippen molar-refractivity contribution >= 4 is 24.4 Å². The molecule has 0 saturated heterocycles. The smallest absolute Gasteiger partial charge is 0.195 e. The molecule has 3 rings (SSSR count). The van der Waals surface area contributed by atoms with E-state index >= 15 is 0 Å². The number of rotatable bonds is 3. The Labute approximate surface area is 170 Å². The van der Waals surface area contributed by atoms with Gasteiger partial charge < -0.3 is 9.36 Å². The van der Waals surface area contributed by atoms with Gasteiger partial charge in [0.15, 0.2) is 7.85 Å². The zero-order valence-electron chi connectivity index (χ0n) is 19.1. The predicted molar refractivity (Wildman–Crippen MR) is 123 cm³/mol. The summed E-state index contributed by atoms with van der Waals surface area (Å²) in [5.74, 6) is 0. The molecule has 146 valence electrons. The van der Waals surface area contributed by atoms with Gasteiger partial charge in [0.05, 0.1) is 11.2 Å². The van der Waals surface area contributed by atoms with Gasteiger partial charge in [0.1, 0.15) is 5.68 Å². The first-order valence-corrected chi connectivity index (χ1v) is 10.1. The lowest BCUT2D eigenvalue weighted by Gasteiger charge is -2.21. The zero-order valence-corrected chi connectivity index (χ0v) is 19.1. The minimum atomic E-state index is 0.126.